The predicted octanol–water partition coefficient (Wildman–Crippen LogP) is 2.32. The van der Waals surface area contributed by atoms with E-state index in [9.17, 15) is 9.59 Å². The highest BCUT2D eigenvalue weighted by molar-refractivity contribution is 5.93. The molecule has 1 heterocycles. The second-order valence-electron chi connectivity index (χ2n) is 5.70. The van der Waals surface area contributed by atoms with Gasteiger partial charge in [-0.25, -0.2) is 9.69 Å². The molecule has 2 atom stereocenters. The number of amides is 2. The number of hydrogen-bond donors (Lipinski definition) is 0. The summed E-state index contributed by atoms with van der Waals surface area (Å²) in [7, 11) is 0. The maximum Gasteiger partial charge on any atom is 0.417 e. The lowest BCUT2D eigenvalue weighted by Gasteiger charge is -2.25. The van der Waals surface area contributed by atoms with Crippen LogP contribution in [0, 0.1) is 5.92 Å². The Balaban J connectivity index is 2.06. The van der Waals surface area contributed by atoms with Gasteiger partial charge in [-0.1, -0.05) is 0 Å². The lowest BCUT2D eigenvalue weighted by Crippen LogP contribution is -2.42. The molecule has 1 saturated heterocycles. The first-order valence-electron chi connectivity index (χ1n) is 5.93. The summed E-state index contributed by atoms with van der Waals surface area (Å²) in [5.74, 6) is 0.457. The van der Waals surface area contributed by atoms with Crippen molar-refractivity contribution in [3.8, 4) is 0 Å². The van der Waals surface area contributed by atoms with Crippen molar-refractivity contribution in [2.24, 2.45) is 5.92 Å². The van der Waals surface area contributed by atoms with Crippen LogP contribution >= 0.6 is 0 Å². The van der Waals surface area contributed by atoms with Gasteiger partial charge in [0.2, 0.25) is 5.91 Å². The molecule has 0 bridgehead atoms. The van der Waals surface area contributed by atoms with Crippen LogP contribution in [0.1, 0.15) is 46.5 Å². The standard InChI is InChI=1S/C12H19NO3/c1-12(2,3)16-11(15)13-9-7-8(9)5-4-6-10(13)14/h8-9H,4-7H2,1-3H3. The fourth-order valence-corrected chi connectivity index (χ4v) is 2.23. The van der Waals surface area contributed by atoms with Crippen LogP contribution in [-0.4, -0.2) is 28.5 Å². The highest BCUT2D eigenvalue weighted by Crippen LogP contribution is 2.42. The molecule has 0 spiro atoms. The fraction of sp³-hybridized carbons (Fsp3) is 0.833. The molecule has 4 nitrogen and oxygen atoms in total. The van der Waals surface area contributed by atoms with Crippen LogP contribution in [-0.2, 0) is 9.53 Å². The molecule has 0 aromatic carbocycles. The van der Waals surface area contributed by atoms with Gasteiger partial charge >= 0.3 is 6.09 Å². The molecule has 1 aliphatic carbocycles. The smallest absolute Gasteiger partial charge is 0.417 e. The molecule has 0 N–H and O–H groups in total. The molecule has 2 rings (SSSR count). The molecule has 2 aliphatic rings. The molecule has 16 heavy (non-hydrogen) atoms. The van der Waals surface area contributed by atoms with Gasteiger partial charge in [0.05, 0.1) is 0 Å². The lowest BCUT2D eigenvalue weighted by atomic mass is 10.2. The lowest BCUT2D eigenvalue weighted by molar-refractivity contribution is -0.130. The topological polar surface area (TPSA) is 46.6 Å². The molecule has 1 aliphatic heterocycles. The Morgan fingerprint density at radius 3 is 2.75 bits per heavy atom. The minimum Gasteiger partial charge on any atom is -0.443 e. The Hall–Kier alpha value is -1.06. The maximum atomic E-state index is 11.9. The first-order valence-corrected chi connectivity index (χ1v) is 5.93. The average Bonchev–Trinajstić information content (AvgIpc) is 2.79. The van der Waals surface area contributed by atoms with Crippen LogP contribution in [0.3, 0.4) is 0 Å². The van der Waals surface area contributed by atoms with E-state index in [1.807, 2.05) is 20.8 Å². The van der Waals surface area contributed by atoms with Gasteiger partial charge in [-0.05, 0) is 46.0 Å². The highest BCUT2D eigenvalue weighted by Gasteiger charge is 2.49. The summed E-state index contributed by atoms with van der Waals surface area (Å²) in [5, 5.41) is 0. The third kappa shape index (κ3) is 2.36. The van der Waals surface area contributed by atoms with Crippen LogP contribution in [0.5, 0.6) is 0 Å². The quantitative estimate of drug-likeness (QED) is 0.635. The Morgan fingerprint density at radius 1 is 1.44 bits per heavy atom. The monoisotopic (exact) mass is 225 g/mol. The van der Waals surface area contributed by atoms with Crippen molar-refractivity contribution < 1.29 is 14.3 Å². The summed E-state index contributed by atoms with van der Waals surface area (Å²) in [5.41, 5.74) is -0.534. The van der Waals surface area contributed by atoms with E-state index >= 15 is 0 Å². The first kappa shape index (κ1) is 11.4. The fourth-order valence-electron chi connectivity index (χ4n) is 2.23. The van der Waals surface area contributed by atoms with Crippen LogP contribution in [0.4, 0.5) is 4.79 Å². The van der Waals surface area contributed by atoms with Gasteiger partial charge < -0.3 is 4.74 Å². The van der Waals surface area contributed by atoms with E-state index in [2.05, 4.69) is 0 Å². The number of rotatable bonds is 0. The average molecular weight is 225 g/mol. The SMILES string of the molecule is CC(C)(C)OC(=O)N1C(=O)CCCC2CC21. The molecule has 0 aromatic rings. The second-order valence-corrected chi connectivity index (χ2v) is 5.70. The van der Waals surface area contributed by atoms with E-state index in [0.717, 1.165) is 19.3 Å². The number of ether oxygens (including phenoxy) is 1. The molecule has 2 unspecified atom stereocenters. The summed E-state index contributed by atoms with van der Waals surface area (Å²) >= 11 is 0. The van der Waals surface area contributed by atoms with Crippen molar-refractivity contribution in [1.82, 2.24) is 4.90 Å². The molecule has 1 saturated carbocycles. The summed E-state index contributed by atoms with van der Waals surface area (Å²) in [6.07, 6.45) is 2.94. The summed E-state index contributed by atoms with van der Waals surface area (Å²) < 4.78 is 5.27. The van der Waals surface area contributed by atoms with Gasteiger partial charge in [-0.3, -0.25) is 4.79 Å². The minimum absolute atomic E-state index is 0.0701. The molecule has 0 radical (unpaired) electrons. The van der Waals surface area contributed by atoms with E-state index in [4.69, 9.17) is 4.74 Å². The highest BCUT2D eigenvalue weighted by atomic mass is 16.6. The zero-order valence-corrected chi connectivity index (χ0v) is 10.2. The Bertz CT molecular complexity index is 319. The number of imide groups is 1. The Labute approximate surface area is 95.9 Å². The van der Waals surface area contributed by atoms with Crippen molar-refractivity contribution in [3.63, 3.8) is 0 Å². The normalized spacial score (nSPS) is 29.4. The van der Waals surface area contributed by atoms with Gasteiger partial charge in [0.25, 0.3) is 0 Å². The molecule has 4 heteroatoms. The van der Waals surface area contributed by atoms with Gasteiger partial charge in [-0.15, -0.1) is 0 Å². The first-order chi connectivity index (χ1) is 7.38. The largest absolute Gasteiger partial charge is 0.443 e. The third-order valence-corrected chi connectivity index (χ3v) is 3.04. The van der Waals surface area contributed by atoms with Gasteiger partial charge in [0.15, 0.2) is 0 Å². The molecular formula is C12H19NO3. The van der Waals surface area contributed by atoms with Gasteiger partial charge in [0, 0.05) is 12.5 Å². The number of carbonyl (C=O) groups excluding carboxylic acids is 2. The van der Waals surface area contributed by atoms with Crippen LogP contribution < -0.4 is 0 Å². The van der Waals surface area contributed by atoms with Crippen molar-refractivity contribution in [2.45, 2.75) is 58.1 Å². The minimum atomic E-state index is -0.534. The van der Waals surface area contributed by atoms with Crippen molar-refractivity contribution in [2.75, 3.05) is 0 Å². The molecule has 2 amide bonds. The van der Waals surface area contributed by atoms with E-state index in [0.29, 0.717) is 12.3 Å². The number of hydrogen-bond acceptors (Lipinski definition) is 3. The van der Waals surface area contributed by atoms with E-state index in [1.54, 1.807) is 0 Å². The van der Waals surface area contributed by atoms with E-state index in [1.165, 1.54) is 4.90 Å². The number of fused-ring (bicyclic) bond motifs is 1. The zero-order valence-electron chi connectivity index (χ0n) is 10.2. The summed E-state index contributed by atoms with van der Waals surface area (Å²) in [4.78, 5) is 25.1. The Kier molecular flexibility index (Phi) is 2.68. The van der Waals surface area contributed by atoms with Gasteiger partial charge in [0.1, 0.15) is 5.60 Å². The van der Waals surface area contributed by atoms with Crippen molar-refractivity contribution in [3.05, 3.63) is 0 Å². The van der Waals surface area contributed by atoms with E-state index in [-0.39, 0.29) is 11.9 Å². The second kappa shape index (κ2) is 3.75. The van der Waals surface area contributed by atoms with Crippen LogP contribution in [0.25, 0.3) is 0 Å². The number of nitrogens with zero attached hydrogens (tertiary/aromatic N) is 1. The molecular weight excluding hydrogens is 206 g/mol. The van der Waals surface area contributed by atoms with Crippen molar-refractivity contribution in [1.29, 1.82) is 0 Å². The molecule has 0 aromatic heterocycles. The van der Waals surface area contributed by atoms with Gasteiger partial charge in [-0.2, -0.15) is 0 Å². The molecule has 90 valence electrons. The predicted molar refractivity (Wildman–Crippen MR) is 58.8 cm³/mol. The number of likely N-dealkylation sites (tertiary alicyclic amines) is 1. The summed E-state index contributed by atoms with van der Waals surface area (Å²) in [6, 6.07) is 0.116. The Morgan fingerprint density at radius 2 is 2.12 bits per heavy atom. The van der Waals surface area contributed by atoms with Crippen molar-refractivity contribution >= 4 is 12.0 Å². The number of carbonyl (C=O) groups is 2. The summed E-state index contributed by atoms with van der Waals surface area (Å²) in [6.45, 7) is 5.45. The van der Waals surface area contributed by atoms with Crippen LogP contribution in [0.15, 0.2) is 0 Å². The zero-order chi connectivity index (χ0) is 11.9. The maximum absolute atomic E-state index is 11.9. The third-order valence-electron chi connectivity index (χ3n) is 3.04. The van der Waals surface area contributed by atoms with Crippen LogP contribution in [0.2, 0.25) is 0 Å². The van der Waals surface area contributed by atoms with E-state index < -0.39 is 11.7 Å². The molecule has 2 fully saturated rings.